The number of amides is 1. The molecule has 0 spiro atoms. The van der Waals surface area contributed by atoms with Crippen LogP contribution in [0.15, 0.2) is 53.1 Å². The number of methoxy groups -OCH3 is 2. The topological polar surface area (TPSA) is 86.5 Å². The Morgan fingerprint density at radius 3 is 2.47 bits per heavy atom. The molecule has 152 valence electrons. The lowest BCUT2D eigenvalue weighted by molar-refractivity contribution is 0.102. The van der Waals surface area contributed by atoms with Gasteiger partial charge in [0.15, 0.2) is 0 Å². The normalized spacial score (nSPS) is 10.8. The van der Waals surface area contributed by atoms with Gasteiger partial charge in [-0.2, -0.15) is 0 Å². The second-order valence-corrected chi connectivity index (χ2v) is 6.89. The molecular formula is C23H21N3O4. The van der Waals surface area contributed by atoms with Crippen LogP contribution in [0.1, 0.15) is 21.6 Å². The van der Waals surface area contributed by atoms with Crippen LogP contribution >= 0.6 is 0 Å². The van der Waals surface area contributed by atoms with Gasteiger partial charge in [-0.1, -0.05) is 35.0 Å². The molecule has 0 aliphatic carbocycles. The second kappa shape index (κ2) is 7.87. The molecule has 0 aliphatic heterocycles. The number of anilines is 1. The number of carbonyl (C=O) groups is 1. The first-order valence-corrected chi connectivity index (χ1v) is 9.37. The number of hydrogen-bond donors (Lipinski definition) is 1. The molecule has 0 atom stereocenters. The zero-order valence-electron chi connectivity index (χ0n) is 17.1. The van der Waals surface area contributed by atoms with Gasteiger partial charge in [0, 0.05) is 11.6 Å². The Morgan fingerprint density at radius 2 is 1.77 bits per heavy atom. The van der Waals surface area contributed by atoms with Crippen LogP contribution in [0.3, 0.4) is 0 Å². The van der Waals surface area contributed by atoms with Crippen LogP contribution < -0.4 is 14.8 Å². The summed E-state index contributed by atoms with van der Waals surface area (Å²) in [6, 6.07) is 14.9. The quantitative estimate of drug-likeness (QED) is 0.516. The summed E-state index contributed by atoms with van der Waals surface area (Å²) in [4.78, 5) is 17.8. The van der Waals surface area contributed by atoms with E-state index in [2.05, 4.69) is 15.5 Å². The Bertz CT molecular complexity index is 1230. The minimum absolute atomic E-state index is 0.314. The van der Waals surface area contributed by atoms with Crippen LogP contribution in [0.2, 0.25) is 0 Å². The number of nitrogens with one attached hydrogen (secondary N) is 1. The molecule has 0 aliphatic rings. The van der Waals surface area contributed by atoms with Gasteiger partial charge in [-0.25, -0.2) is 4.98 Å². The number of benzene rings is 2. The Morgan fingerprint density at radius 1 is 1.00 bits per heavy atom. The van der Waals surface area contributed by atoms with Crippen LogP contribution in [-0.4, -0.2) is 30.3 Å². The summed E-state index contributed by atoms with van der Waals surface area (Å²) in [5.41, 5.74) is 4.52. The summed E-state index contributed by atoms with van der Waals surface area (Å²) in [6.07, 6.45) is 0. The van der Waals surface area contributed by atoms with E-state index in [1.54, 1.807) is 38.3 Å². The van der Waals surface area contributed by atoms with E-state index in [9.17, 15) is 4.79 Å². The molecule has 7 heteroatoms. The molecule has 0 saturated heterocycles. The smallest absolute Gasteiger partial charge is 0.259 e. The van der Waals surface area contributed by atoms with Gasteiger partial charge in [0.2, 0.25) is 0 Å². The molecule has 0 unspecified atom stereocenters. The molecule has 0 radical (unpaired) electrons. The molecule has 4 aromatic rings. The number of nitrogens with zero attached hydrogens (tertiary/aromatic N) is 2. The maximum absolute atomic E-state index is 13.2. The van der Waals surface area contributed by atoms with E-state index >= 15 is 0 Å². The van der Waals surface area contributed by atoms with Crippen molar-refractivity contribution in [2.24, 2.45) is 0 Å². The van der Waals surface area contributed by atoms with Gasteiger partial charge in [0.05, 0.1) is 42.2 Å². The molecule has 1 N–H and O–H groups in total. The van der Waals surface area contributed by atoms with Gasteiger partial charge in [-0.05, 0) is 32.0 Å². The standard InChI is InChI=1S/C23H21N3O4/c1-13-5-7-15(8-6-13)19-12-17(21-14(2)26-30-23(21)25-19)22(27)24-18-10-9-16(28-3)11-20(18)29-4/h5-12H,1-4H3,(H,24,27). The van der Waals surface area contributed by atoms with Gasteiger partial charge in [0.25, 0.3) is 11.6 Å². The SMILES string of the molecule is COc1ccc(NC(=O)c2cc(-c3ccc(C)cc3)nc3onc(C)c23)c(OC)c1. The highest BCUT2D eigenvalue weighted by molar-refractivity contribution is 6.13. The zero-order valence-corrected chi connectivity index (χ0v) is 17.1. The fourth-order valence-corrected chi connectivity index (χ4v) is 3.24. The van der Waals surface area contributed by atoms with E-state index in [1.165, 1.54) is 7.11 Å². The number of aromatic nitrogens is 2. The third kappa shape index (κ3) is 3.57. The number of carbonyl (C=O) groups excluding carboxylic acids is 1. The van der Waals surface area contributed by atoms with Gasteiger partial charge in [-0.3, -0.25) is 4.79 Å². The monoisotopic (exact) mass is 403 g/mol. The van der Waals surface area contributed by atoms with E-state index in [0.29, 0.717) is 45.2 Å². The van der Waals surface area contributed by atoms with E-state index in [4.69, 9.17) is 14.0 Å². The molecule has 4 rings (SSSR count). The fraction of sp³-hybridized carbons (Fsp3) is 0.174. The largest absolute Gasteiger partial charge is 0.497 e. The second-order valence-electron chi connectivity index (χ2n) is 6.89. The zero-order chi connectivity index (χ0) is 21.3. The predicted molar refractivity (Wildman–Crippen MR) is 114 cm³/mol. The van der Waals surface area contributed by atoms with Crippen LogP contribution in [0.5, 0.6) is 11.5 Å². The molecule has 2 aromatic heterocycles. The van der Waals surface area contributed by atoms with E-state index < -0.39 is 0 Å². The number of fused-ring (bicyclic) bond motifs is 1. The minimum Gasteiger partial charge on any atom is -0.497 e. The van der Waals surface area contributed by atoms with Crippen LogP contribution in [0.4, 0.5) is 5.69 Å². The van der Waals surface area contributed by atoms with Crippen molar-refractivity contribution in [3.63, 3.8) is 0 Å². The number of aryl methyl sites for hydroxylation is 2. The fourth-order valence-electron chi connectivity index (χ4n) is 3.24. The highest BCUT2D eigenvalue weighted by Crippen LogP contribution is 2.31. The highest BCUT2D eigenvalue weighted by atomic mass is 16.5. The highest BCUT2D eigenvalue weighted by Gasteiger charge is 2.20. The summed E-state index contributed by atoms with van der Waals surface area (Å²) >= 11 is 0. The lowest BCUT2D eigenvalue weighted by atomic mass is 10.0. The van der Waals surface area contributed by atoms with Gasteiger partial charge in [-0.15, -0.1) is 0 Å². The first-order chi connectivity index (χ1) is 14.5. The van der Waals surface area contributed by atoms with Crippen LogP contribution in [0.25, 0.3) is 22.4 Å². The van der Waals surface area contributed by atoms with Crippen molar-refractivity contribution in [3.8, 4) is 22.8 Å². The Balaban J connectivity index is 1.78. The summed E-state index contributed by atoms with van der Waals surface area (Å²) in [7, 11) is 3.11. The third-order valence-corrected chi connectivity index (χ3v) is 4.87. The molecular weight excluding hydrogens is 382 g/mol. The summed E-state index contributed by atoms with van der Waals surface area (Å²) < 4.78 is 16.0. The first-order valence-electron chi connectivity index (χ1n) is 9.37. The number of rotatable bonds is 5. The summed E-state index contributed by atoms with van der Waals surface area (Å²) in [5.74, 6) is 0.812. The first kappa shape index (κ1) is 19.4. The van der Waals surface area contributed by atoms with Crippen molar-refractivity contribution < 1.29 is 18.8 Å². The molecule has 30 heavy (non-hydrogen) atoms. The van der Waals surface area contributed by atoms with Crippen molar-refractivity contribution in [1.29, 1.82) is 0 Å². The average Bonchev–Trinajstić information content (AvgIpc) is 3.14. The summed E-state index contributed by atoms with van der Waals surface area (Å²) in [6.45, 7) is 3.80. The lowest BCUT2D eigenvalue weighted by Gasteiger charge is -2.12. The summed E-state index contributed by atoms with van der Waals surface area (Å²) in [5, 5.41) is 7.48. The van der Waals surface area contributed by atoms with Gasteiger partial charge < -0.3 is 19.3 Å². The Kier molecular flexibility index (Phi) is 5.10. The van der Waals surface area contributed by atoms with Gasteiger partial charge >= 0.3 is 0 Å². The molecule has 0 bridgehead atoms. The Hall–Kier alpha value is -3.87. The van der Waals surface area contributed by atoms with E-state index in [1.807, 2.05) is 31.2 Å². The number of pyridine rings is 1. The predicted octanol–water partition coefficient (Wildman–Crippen LogP) is 4.78. The van der Waals surface area contributed by atoms with Crippen LogP contribution in [-0.2, 0) is 0 Å². The number of ether oxygens (including phenoxy) is 2. The maximum atomic E-state index is 13.2. The van der Waals surface area contributed by atoms with Crippen molar-refractivity contribution in [3.05, 3.63) is 65.4 Å². The maximum Gasteiger partial charge on any atom is 0.259 e. The van der Waals surface area contributed by atoms with E-state index in [0.717, 1.165) is 11.1 Å². The van der Waals surface area contributed by atoms with Crippen molar-refractivity contribution in [2.75, 3.05) is 19.5 Å². The molecule has 2 heterocycles. The van der Waals surface area contributed by atoms with Gasteiger partial charge in [0.1, 0.15) is 11.5 Å². The molecule has 2 aromatic carbocycles. The van der Waals surface area contributed by atoms with E-state index in [-0.39, 0.29) is 5.91 Å². The van der Waals surface area contributed by atoms with Crippen molar-refractivity contribution in [2.45, 2.75) is 13.8 Å². The van der Waals surface area contributed by atoms with Crippen molar-refractivity contribution >= 4 is 22.7 Å². The molecule has 7 nitrogen and oxygen atoms in total. The van der Waals surface area contributed by atoms with Crippen molar-refractivity contribution in [1.82, 2.24) is 10.1 Å². The number of hydrogen-bond acceptors (Lipinski definition) is 6. The molecule has 0 fully saturated rings. The molecule has 0 saturated carbocycles. The molecule has 1 amide bonds. The lowest BCUT2D eigenvalue weighted by Crippen LogP contribution is -2.14. The average molecular weight is 403 g/mol. The minimum atomic E-state index is -0.314. The third-order valence-electron chi connectivity index (χ3n) is 4.87. The Labute approximate surface area is 173 Å². The van der Waals surface area contributed by atoms with Crippen LogP contribution in [0, 0.1) is 13.8 Å².